The Labute approximate surface area is 107 Å². The van der Waals surface area contributed by atoms with Crippen molar-refractivity contribution < 1.29 is 19.4 Å². The summed E-state index contributed by atoms with van der Waals surface area (Å²) in [5.74, 6) is -1.00. The Bertz CT molecular complexity index is 343. The number of carboxylic acid groups (broad SMARTS) is 1. The lowest BCUT2D eigenvalue weighted by Crippen LogP contribution is -2.45. The maximum absolute atomic E-state index is 12.2. The first kappa shape index (κ1) is 13.3. The van der Waals surface area contributed by atoms with Gasteiger partial charge in [-0.05, 0) is 31.1 Å². The van der Waals surface area contributed by atoms with Crippen LogP contribution in [0.3, 0.4) is 0 Å². The summed E-state index contributed by atoms with van der Waals surface area (Å²) in [6.07, 6.45) is 1.59. The fourth-order valence-corrected chi connectivity index (χ4v) is 2.54. The largest absolute Gasteiger partial charge is 0.479 e. The van der Waals surface area contributed by atoms with Crippen molar-refractivity contribution >= 4 is 11.9 Å². The molecule has 2 aliphatic rings. The van der Waals surface area contributed by atoms with Crippen LogP contribution in [0.5, 0.6) is 0 Å². The van der Waals surface area contributed by atoms with Gasteiger partial charge < -0.3 is 14.7 Å². The summed E-state index contributed by atoms with van der Waals surface area (Å²) in [6, 6.07) is 0. The number of nitrogens with zero attached hydrogens (tertiary/aromatic N) is 1. The molecule has 0 aromatic rings. The Morgan fingerprint density at radius 3 is 2.22 bits per heavy atom. The quantitative estimate of drug-likeness (QED) is 0.807. The number of hydrogen-bond donors (Lipinski definition) is 1. The lowest BCUT2D eigenvalue weighted by atomic mass is 9.82. The first-order valence-electron chi connectivity index (χ1n) is 6.56. The van der Waals surface area contributed by atoms with E-state index in [4.69, 9.17) is 9.84 Å². The lowest BCUT2D eigenvalue weighted by molar-refractivity contribution is -0.155. The van der Waals surface area contributed by atoms with Crippen LogP contribution < -0.4 is 0 Å². The van der Waals surface area contributed by atoms with E-state index >= 15 is 0 Å². The molecule has 0 spiro atoms. The van der Waals surface area contributed by atoms with Crippen LogP contribution in [0.2, 0.25) is 0 Å². The van der Waals surface area contributed by atoms with E-state index in [9.17, 15) is 9.59 Å². The Balaban J connectivity index is 1.88. The van der Waals surface area contributed by atoms with Crippen molar-refractivity contribution in [2.45, 2.75) is 51.7 Å². The number of ether oxygens (including phenoxy) is 1. The zero-order chi connectivity index (χ0) is 13.3. The van der Waals surface area contributed by atoms with Gasteiger partial charge in [-0.2, -0.15) is 0 Å². The lowest BCUT2D eigenvalue weighted by Gasteiger charge is -2.37. The highest BCUT2D eigenvalue weighted by atomic mass is 16.5. The number of carbonyl (C=O) groups is 2. The van der Waals surface area contributed by atoms with Gasteiger partial charge in [0.25, 0.3) is 5.91 Å². The standard InChI is InChI=1S/C13H21NO4/c1-13(2)5-7-14(8-6-13)11(15)9-3-4-10(18-9)12(16)17/h9-10H,3-8H2,1-2H3,(H,16,17). The average molecular weight is 255 g/mol. The van der Waals surface area contributed by atoms with E-state index in [1.54, 1.807) is 0 Å². The fraction of sp³-hybridized carbons (Fsp3) is 0.846. The molecule has 2 saturated heterocycles. The molecular weight excluding hydrogens is 234 g/mol. The minimum absolute atomic E-state index is 0.0331. The maximum Gasteiger partial charge on any atom is 0.332 e. The molecule has 1 N–H and O–H groups in total. The van der Waals surface area contributed by atoms with Crippen molar-refractivity contribution in [1.82, 2.24) is 4.90 Å². The van der Waals surface area contributed by atoms with Gasteiger partial charge in [0, 0.05) is 13.1 Å². The summed E-state index contributed by atoms with van der Waals surface area (Å²) in [5.41, 5.74) is 0.302. The maximum atomic E-state index is 12.2. The molecule has 2 rings (SSSR count). The smallest absolute Gasteiger partial charge is 0.332 e. The highest BCUT2D eigenvalue weighted by molar-refractivity contribution is 5.82. The molecule has 0 radical (unpaired) electrons. The number of carbonyl (C=O) groups excluding carboxylic acids is 1. The van der Waals surface area contributed by atoms with Crippen molar-refractivity contribution in [3.8, 4) is 0 Å². The molecule has 18 heavy (non-hydrogen) atoms. The van der Waals surface area contributed by atoms with E-state index in [0.717, 1.165) is 25.9 Å². The second kappa shape index (κ2) is 4.88. The molecule has 2 fully saturated rings. The SMILES string of the molecule is CC1(C)CCN(C(=O)C2CCC(C(=O)O)O2)CC1. The summed E-state index contributed by atoms with van der Waals surface area (Å²) < 4.78 is 5.30. The van der Waals surface area contributed by atoms with Gasteiger partial charge in [-0.3, -0.25) is 4.79 Å². The van der Waals surface area contributed by atoms with Crippen LogP contribution in [0.4, 0.5) is 0 Å². The van der Waals surface area contributed by atoms with Crippen molar-refractivity contribution in [2.24, 2.45) is 5.41 Å². The predicted octanol–water partition coefficient (Wildman–Crippen LogP) is 1.27. The van der Waals surface area contributed by atoms with E-state index in [1.807, 2.05) is 4.90 Å². The van der Waals surface area contributed by atoms with Gasteiger partial charge in [0.2, 0.25) is 0 Å². The van der Waals surface area contributed by atoms with E-state index < -0.39 is 18.2 Å². The first-order chi connectivity index (χ1) is 8.39. The minimum atomic E-state index is -0.968. The molecule has 2 unspecified atom stereocenters. The van der Waals surface area contributed by atoms with Crippen molar-refractivity contribution in [3.63, 3.8) is 0 Å². The highest BCUT2D eigenvalue weighted by Gasteiger charge is 2.38. The number of hydrogen-bond acceptors (Lipinski definition) is 3. The Morgan fingerprint density at radius 2 is 1.72 bits per heavy atom. The number of amides is 1. The van der Waals surface area contributed by atoms with E-state index in [0.29, 0.717) is 18.3 Å². The van der Waals surface area contributed by atoms with Crippen LogP contribution in [0.25, 0.3) is 0 Å². The van der Waals surface area contributed by atoms with Crippen LogP contribution in [0, 0.1) is 5.41 Å². The molecule has 2 atom stereocenters. The zero-order valence-corrected chi connectivity index (χ0v) is 11.0. The third kappa shape index (κ3) is 2.83. The average Bonchev–Trinajstić information content (AvgIpc) is 2.77. The van der Waals surface area contributed by atoms with Crippen LogP contribution in [0.1, 0.15) is 39.5 Å². The minimum Gasteiger partial charge on any atom is -0.479 e. The molecule has 0 aromatic heterocycles. The number of rotatable bonds is 2. The molecule has 102 valence electrons. The molecule has 5 heteroatoms. The molecule has 0 saturated carbocycles. The fourth-order valence-electron chi connectivity index (χ4n) is 2.54. The Kier molecular flexibility index (Phi) is 3.61. The van der Waals surface area contributed by atoms with Crippen LogP contribution >= 0.6 is 0 Å². The molecule has 2 aliphatic heterocycles. The Hall–Kier alpha value is -1.10. The normalized spacial score (nSPS) is 31.3. The van der Waals surface area contributed by atoms with Gasteiger partial charge in [-0.1, -0.05) is 13.8 Å². The second-order valence-electron chi connectivity index (χ2n) is 6.02. The van der Waals surface area contributed by atoms with Crippen LogP contribution in [0.15, 0.2) is 0 Å². The van der Waals surface area contributed by atoms with Crippen LogP contribution in [-0.4, -0.2) is 47.2 Å². The van der Waals surface area contributed by atoms with Crippen molar-refractivity contribution in [1.29, 1.82) is 0 Å². The topological polar surface area (TPSA) is 66.8 Å². The van der Waals surface area contributed by atoms with Crippen molar-refractivity contribution in [2.75, 3.05) is 13.1 Å². The second-order valence-corrected chi connectivity index (χ2v) is 6.02. The Morgan fingerprint density at radius 1 is 1.17 bits per heavy atom. The van der Waals surface area contributed by atoms with Crippen molar-refractivity contribution in [3.05, 3.63) is 0 Å². The number of aliphatic carboxylic acids is 1. The van der Waals surface area contributed by atoms with E-state index in [-0.39, 0.29) is 5.91 Å². The summed E-state index contributed by atoms with van der Waals surface area (Å²) in [4.78, 5) is 24.8. The molecule has 2 heterocycles. The molecule has 0 bridgehead atoms. The first-order valence-corrected chi connectivity index (χ1v) is 6.56. The molecule has 0 aromatic carbocycles. The number of piperidine rings is 1. The number of likely N-dealkylation sites (tertiary alicyclic amines) is 1. The van der Waals surface area contributed by atoms with Crippen LogP contribution in [-0.2, 0) is 14.3 Å². The van der Waals surface area contributed by atoms with Gasteiger partial charge in [0.05, 0.1) is 0 Å². The van der Waals surface area contributed by atoms with Gasteiger partial charge >= 0.3 is 5.97 Å². The van der Waals surface area contributed by atoms with E-state index in [2.05, 4.69) is 13.8 Å². The van der Waals surface area contributed by atoms with Gasteiger partial charge in [-0.15, -0.1) is 0 Å². The predicted molar refractivity (Wildman–Crippen MR) is 65.1 cm³/mol. The summed E-state index contributed by atoms with van der Waals surface area (Å²) in [7, 11) is 0. The monoisotopic (exact) mass is 255 g/mol. The third-order valence-corrected chi connectivity index (χ3v) is 4.00. The highest BCUT2D eigenvalue weighted by Crippen LogP contribution is 2.31. The van der Waals surface area contributed by atoms with E-state index in [1.165, 1.54) is 0 Å². The summed E-state index contributed by atoms with van der Waals surface area (Å²) in [5, 5.41) is 8.84. The van der Waals surface area contributed by atoms with Gasteiger partial charge in [-0.25, -0.2) is 4.79 Å². The third-order valence-electron chi connectivity index (χ3n) is 4.00. The van der Waals surface area contributed by atoms with Gasteiger partial charge in [0.15, 0.2) is 6.10 Å². The van der Waals surface area contributed by atoms with Gasteiger partial charge in [0.1, 0.15) is 6.10 Å². The molecule has 1 amide bonds. The number of carboxylic acids is 1. The molecular formula is C13H21NO4. The molecule has 0 aliphatic carbocycles. The summed E-state index contributed by atoms with van der Waals surface area (Å²) in [6.45, 7) is 5.93. The summed E-state index contributed by atoms with van der Waals surface area (Å²) >= 11 is 0. The molecule has 5 nitrogen and oxygen atoms in total. The zero-order valence-electron chi connectivity index (χ0n) is 11.0.